The fraction of sp³-hybridized carbons (Fsp3) is 0. The third kappa shape index (κ3) is 3.88. The summed E-state index contributed by atoms with van der Waals surface area (Å²) in [5.41, 5.74) is 0.425. The van der Waals surface area contributed by atoms with Crippen molar-refractivity contribution >= 4 is 46.2 Å². The largest absolute Gasteiger partial charge is 0.309 e. The monoisotopic (exact) mass is 479 g/mol. The molecule has 0 atom stereocenters. The first kappa shape index (κ1) is 22.3. The van der Waals surface area contributed by atoms with E-state index in [9.17, 15) is 9.13 Å². The van der Waals surface area contributed by atoms with Gasteiger partial charge in [0.1, 0.15) is 5.44 Å². The number of nitrogens with zero attached hydrogens (tertiary/aromatic N) is 1. The van der Waals surface area contributed by atoms with E-state index in [2.05, 4.69) is 4.98 Å². The zero-order chi connectivity index (χ0) is 23.4. The molecule has 0 spiro atoms. The summed E-state index contributed by atoms with van der Waals surface area (Å²) in [6.45, 7) is 0. The van der Waals surface area contributed by atoms with Gasteiger partial charge in [-0.3, -0.25) is 4.98 Å². The summed E-state index contributed by atoms with van der Waals surface area (Å²) in [5.74, 6) is 0. The third-order valence-corrected chi connectivity index (χ3v) is 11.9. The highest BCUT2D eigenvalue weighted by Gasteiger charge is 2.35. The molecule has 0 bridgehead atoms. The number of pyridine rings is 1. The van der Waals surface area contributed by atoms with E-state index < -0.39 is 14.3 Å². The molecule has 0 aliphatic rings. The SMILES string of the molecule is O=P(c1ccccc1)(c1ccccc1)c1ccnc(P(=O)(c2ccccc2)c2ccccc2)c1. The second-order valence-corrected chi connectivity index (χ2v) is 13.4. The van der Waals surface area contributed by atoms with E-state index in [0.29, 0.717) is 21.3 Å². The van der Waals surface area contributed by atoms with Gasteiger partial charge < -0.3 is 9.13 Å². The normalized spacial score (nSPS) is 11.8. The first-order chi connectivity index (χ1) is 16.6. The number of hydrogen-bond acceptors (Lipinski definition) is 3. The van der Waals surface area contributed by atoms with Crippen LogP contribution in [0.5, 0.6) is 0 Å². The van der Waals surface area contributed by atoms with Crippen LogP contribution in [-0.2, 0) is 9.13 Å². The molecule has 0 radical (unpaired) electrons. The lowest BCUT2D eigenvalue weighted by Crippen LogP contribution is -2.31. The molecule has 1 heterocycles. The van der Waals surface area contributed by atoms with E-state index in [4.69, 9.17) is 0 Å². The molecular weight excluding hydrogens is 456 g/mol. The molecule has 0 saturated heterocycles. The molecule has 0 saturated carbocycles. The second-order valence-electron chi connectivity index (χ2n) is 7.93. The molecule has 1 aromatic heterocycles. The van der Waals surface area contributed by atoms with Crippen LogP contribution in [0.25, 0.3) is 0 Å². The Morgan fingerprint density at radius 1 is 0.412 bits per heavy atom. The molecule has 0 aliphatic carbocycles. The van der Waals surface area contributed by atoms with Crippen molar-refractivity contribution in [1.82, 2.24) is 4.98 Å². The Hall–Kier alpha value is -3.51. The van der Waals surface area contributed by atoms with Crippen molar-refractivity contribution in [3.63, 3.8) is 0 Å². The van der Waals surface area contributed by atoms with Crippen LogP contribution in [0, 0.1) is 0 Å². The zero-order valence-electron chi connectivity index (χ0n) is 18.4. The Kier molecular flexibility index (Phi) is 6.16. The van der Waals surface area contributed by atoms with E-state index in [-0.39, 0.29) is 0 Å². The lowest BCUT2D eigenvalue weighted by molar-refractivity contribution is 0.592. The third-order valence-electron chi connectivity index (χ3n) is 5.89. The number of aromatic nitrogens is 1. The second kappa shape index (κ2) is 9.39. The molecule has 34 heavy (non-hydrogen) atoms. The summed E-state index contributed by atoms with van der Waals surface area (Å²) in [6.07, 6.45) is 1.63. The molecule has 5 rings (SSSR count). The fourth-order valence-electron chi connectivity index (χ4n) is 4.19. The molecule has 0 N–H and O–H groups in total. The van der Waals surface area contributed by atoms with Crippen LogP contribution in [0.2, 0.25) is 0 Å². The van der Waals surface area contributed by atoms with Gasteiger partial charge in [0, 0.05) is 32.7 Å². The van der Waals surface area contributed by atoms with Gasteiger partial charge in [0.05, 0.1) is 0 Å². The van der Waals surface area contributed by atoms with Gasteiger partial charge >= 0.3 is 0 Å². The van der Waals surface area contributed by atoms with Crippen molar-refractivity contribution in [2.45, 2.75) is 0 Å². The molecule has 4 aromatic carbocycles. The summed E-state index contributed by atoms with van der Waals surface area (Å²) in [5, 5.41) is 3.46. The molecule has 0 aliphatic heterocycles. The van der Waals surface area contributed by atoms with Crippen LogP contribution >= 0.6 is 14.3 Å². The van der Waals surface area contributed by atoms with Crippen LogP contribution in [0.1, 0.15) is 0 Å². The molecular formula is C29H23NO2P2. The Labute approximate surface area is 199 Å². The number of hydrogen-bond donors (Lipinski definition) is 0. The summed E-state index contributed by atoms with van der Waals surface area (Å²) in [6, 6.07) is 41.4. The average molecular weight is 479 g/mol. The topological polar surface area (TPSA) is 47.0 Å². The first-order valence-corrected chi connectivity index (χ1v) is 14.4. The van der Waals surface area contributed by atoms with E-state index in [1.807, 2.05) is 121 Å². The van der Waals surface area contributed by atoms with Crippen molar-refractivity contribution in [1.29, 1.82) is 0 Å². The van der Waals surface area contributed by atoms with Crippen LogP contribution < -0.4 is 32.0 Å². The number of benzene rings is 4. The Bertz CT molecular complexity index is 1290. The van der Waals surface area contributed by atoms with Gasteiger partial charge in [-0.2, -0.15) is 0 Å². The highest BCUT2D eigenvalue weighted by Crippen LogP contribution is 2.45. The minimum Gasteiger partial charge on any atom is -0.309 e. The van der Waals surface area contributed by atoms with Crippen molar-refractivity contribution in [3.05, 3.63) is 140 Å². The standard InChI is InChI=1S/C29H23NO2P2/c31-33(24-13-5-1-6-14-24,25-15-7-2-8-16-25)28-21-22-30-29(23-28)34(32,26-17-9-3-10-18-26)27-19-11-4-12-20-27/h1-23H. The van der Waals surface area contributed by atoms with Gasteiger partial charge in [0.2, 0.25) is 0 Å². The van der Waals surface area contributed by atoms with Crippen LogP contribution in [0.15, 0.2) is 140 Å². The smallest absolute Gasteiger partial charge is 0.188 e. The van der Waals surface area contributed by atoms with Crippen LogP contribution in [-0.4, -0.2) is 4.98 Å². The molecule has 166 valence electrons. The molecule has 5 heteroatoms. The maximum absolute atomic E-state index is 14.9. The van der Waals surface area contributed by atoms with Crippen molar-refractivity contribution in [3.8, 4) is 0 Å². The molecule has 0 unspecified atom stereocenters. The van der Waals surface area contributed by atoms with E-state index in [0.717, 1.165) is 10.6 Å². The Balaban J connectivity index is 1.76. The van der Waals surface area contributed by atoms with Crippen LogP contribution in [0.3, 0.4) is 0 Å². The highest BCUT2D eigenvalue weighted by atomic mass is 31.2. The molecule has 0 fully saturated rings. The molecule has 5 aromatic rings. The lowest BCUT2D eigenvalue weighted by atomic mass is 10.4. The van der Waals surface area contributed by atoms with Gasteiger partial charge in [-0.05, 0) is 12.1 Å². The summed E-state index contributed by atoms with van der Waals surface area (Å²) < 4.78 is 29.7. The minimum atomic E-state index is -3.29. The fourth-order valence-corrected chi connectivity index (χ4v) is 9.51. The quantitative estimate of drug-likeness (QED) is 0.340. The first-order valence-electron chi connectivity index (χ1n) is 11.0. The predicted molar refractivity (Wildman–Crippen MR) is 143 cm³/mol. The minimum absolute atomic E-state index is 0.425. The average Bonchev–Trinajstić information content (AvgIpc) is 2.94. The maximum Gasteiger partial charge on any atom is 0.188 e. The molecule has 3 nitrogen and oxygen atoms in total. The van der Waals surface area contributed by atoms with Gasteiger partial charge in [-0.25, -0.2) is 0 Å². The maximum atomic E-state index is 14.9. The van der Waals surface area contributed by atoms with Crippen molar-refractivity contribution < 1.29 is 9.13 Å². The van der Waals surface area contributed by atoms with E-state index in [1.54, 1.807) is 18.3 Å². The Morgan fingerprint density at radius 3 is 1.15 bits per heavy atom. The lowest BCUT2D eigenvalue weighted by Gasteiger charge is -2.23. The summed E-state index contributed by atoms with van der Waals surface area (Å²) in [7, 11) is -6.51. The van der Waals surface area contributed by atoms with Crippen molar-refractivity contribution in [2.75, 3.05) is 0 Å². The van der Waals surface area contributed by atoms with Gasteiger partial charge in [0.25, 0.3) is 0 Å². The Morgan fingerprint density at radius 2 is 0.765 bits per heavy atom. The van der Waals surface area contributed by atoms with Crippen LogP contribution in [0.4, 0.5) is 0 Å². The van der Waals surface area contributed by atoms with E-state index in [1.165, 1.54) is 0 Å². The summed E-state index contributed by atoms with van der Waals surface area (Å²) in [4.78, 5) is 4.58. The predicted octanol–water partition coefficient (Wildman–Crippen LogP) is 4.36. The highest BCUT2D eigenvalue weighted by molar-refractivity contribution is 7.86. The summed E-state index contributed by atoms with van der Waals surface area (Å²) >= 11 is 0. The van der Waals surface area contributed by atoms with Gasteiger partial charge in [-0.1, -0.05) is 121 Å². The van der Waals surface area contributed by atoms with Crippen molar-refractivity contribution in [2.24, 2.45) is 0 Å². The number of rotatable bonds is 6. The van der Waals surface area contributed by atoms with Gasteiger partial charge in [0.15, 0.2) is 14.3 Å². The zero-order valence-corrected chi connectivity index (χ0v) is 20.2. The molecule has 0 amide bonds. The van der Waals surface area contributed by atoms with Gasteiger partial charge in [-0.15, -0.1) is 0 Å². The van der Waals surface area contributed by atoms with E-state index >= 15 is 0 Å².